The maximum atomic E-state index is 5.65. The number of alkyl halides is 1. The van der Waals surface area contributed by atoms with Gasteiger partial charge in [0.1, 0.15) is 0 Å². The summed E-state index contributed by atoms with van der Waals surface area (Å²) in [6.45, 7) is 1.74. The maximum Gasteiger partial charge on any atom is 0.188 e. The first-order valence-electron chi connectivity index (χ1n) is 2.88. The van der Waals surface area contributed by atoms with Gasteiger partial charge in [0, 0.05) is 0 Å². The summed E-state index contributed by atoms with van der Waals surface area (Å²) in [4.78, 5) is 0. The molecule has 1 rings (SSSR count). The molecule has 0 radical (unpaired) electrons. The number of hydrogen-bond acceptors (Lipinski definition) is 1. The van der Waals surface area contributed by atoms with E-state index in [1.54, 1.807) is 6.92 Å². The summed E-state index contributed by atoms with van der Waals surface area (Å²) in [5, 5.41) is 0.498. The predicted molar refractivity (Wildman–Crippen MR) is 38.5 cm³/mol. The predicted octanol–water partition coefficient (Wildman–Crippen LogP) is 2.83. The summed E-state index contributed by atoms with van der Waals surface area (Å²) in [7, 11) is 0. The lowest BCUT2D eigenvalue weighted by Gasteiger charge is -2.03. The van der Waals surface area contributed by atoms with Gasteiger partial charge in [0.05, 0.1) is 0 Å². The highest BCUT2D eigenvalue weighted by Gasteiger charge is 2.18. The zero-order valence-electron chi connectivity index (χ0n) is 5.16. The normalized spacial score (nSPS) is 19.2. The Bertz CT molecular complexity index is 134. The van der Waals surface area contributed by atoms with E-state index in [1.807, 2.05) is 0 Å². The van der Waals surface area contributed by atoms with Crippen LogP contribution >= 0.6 is 23.2 Å². The third kappa shape index (κ3) is 2.46. The molecule has 1 saturated carbocycles. The van der Waals surface area contributed by atoms with Crippen LogP contribution in [0.2, 0.25) is 0 Å². The Morgan fingerprint density at radius 1 is 1.67 bits per heavy atom. The van der Waals surface area contributed by atoms with Gasteiger partial charge >= 0.3 is 0 Å². The Morgan fingerprint density at radius 2 is 2.22 bits per heavy atom. The van der Waals surface area contributed by atoms with Crippen molar-refractivity contribution in [1.82, 2.24) is 0 Å². The lowest BCUT2D eigenvalue weighted by Crippen LogP contribution is -1.94. The van der Waals surface area contributed by atoms with Gasteiger partial charge < -0.3 is 4.74 Å². The van der Waals surface area contributed by atoms with Crippen molar-refractivity contribution in [2.75, 3.05) is 0 Å². The molecular formula is C6H8Cl2O. The minimum absolute atomic E-state index is 0.314. The van der Waals surface area contributed by atoms with Crippen LogP contribution in [0.5, 0.6) is 0 Å². The van der Waals surface area contributed by atoms with Crippen molar-refractivity contribution in [2.45, 2.75) is 25.3 Å². The van der Waals surface area contributed by atoms with Gasteiger partial charge in [-0.15, -0.1) is 0 Å². The molecule has 0 spiro atoms. The van der Waals surface area contributed by atoms with E-state index in [2.05, 4.69) is 0 Å². The monoisotopic (exact) mass is 166 g/mol. The van der Waals surface area contributed by atoms with Crippen LogP contribution in [0.3, 0.4) is 0 Å². The molecule has 0 amide bonds. The summed E-state index contributed by atoms with van der Waals surface area (Å²) >= 11 is 11.1. The van der Waals surface area contributed by atoms with Crippen molar-refractivity contribution >= 4 is 23.2 Å². The summed E-state index contributed by atoms with van der Waals surface area (Å²) in [5.74, 6) is 0. The molecule has 0 aromatic heterocycles. The molecule has 0 N–H and O–H groups in total. The molecular weight excluding hydrogens is 159 g/mol. The van der Waals surface area contributed by atoms with Gasteiger partial charge in [0.2, 0.25) is 0 Å². The van der Waals surface area contributed by atoms with Crippen molar-refractivity contribution in [2.24, 2.45) is 0 Å². The molecule has 1 fully saturated rings. The van der Waals surface area contributed by atoms with E-state index in [-0.39, 0.29) is 5.56 Å². The van der Waals surface area contributed by atoms with Crippen LogP contribution in [-0.4, -0.2) is 5.56 Å². The zero-order chi connectivity index (χ0) is 6.85. The van der Waals surface area contributed by atoms with Crippen molar-refractivity contribution in [3.8, 4) is 0 Å². The molecule has 0 aromatic rings. The second-order valence-electron chi connectivity index (χ2n) is 2.04. The van der Waals surface area contributed by atoms with Gasteiger partial charge in [-0.3, -0.25) is 0 Å². The molecule has 1 nitrogen and oxygen atoms in total. The van der Waals surface area contributed by atoms with Crippen molar-refractivity contribution in [1.29, 1.82) is 0 Å². The largest absolute Gasteiger partial charge is 0.464 e. The highest BCUT2D eigenvalue weighted by molar-refractivity contribution is 6.29. The van der Waals surface area contributed by atoms with Crippen LogP contribution < -0.4 is 0 Å². The number of rotatable bonds is 2. The first-order valence-corrected chi connectivity index (χ1v) is 3.70. The Labute approximate surface area is 64.6 Å². The molecule has 9 heavy (non-hydrogen) atoms. The SMILES string of the molecule is CC(Cl)OC(Cl)=C1CC1. The topological polar surface area (TPSA) is 9.23 Å². The molecule has 0 heterocycles. The molecule has 3 heteroatoms. The number of halogens is 2. The third-order valence-electron chi connectivity index (χ3n) is 1.04. The first kappa shape index (κ1) is 7.23. The number of hydrogen-bond donors (Lipinski definition) is 0. The summed E-state index contributed by atoms with van der Waals surface area (Å²) in [5.41, 5.74) is 0.870. The molecule has 1 atom stereocenters. The summed E-state index contributed by atoms with van der Waals surface area (Å²) in [6.07, 6.45) is 2.14. The summed E-state index contributed by atoms with van der Waals surface area (Å²) < 4.78 is 4.98. The molecule has 52 valence electrons. The Balaban J connectivity index is 2.35. The van der Waals surface area contributed by atoms with E-state index in [9.17, 15) is 0 Å². The number of ether oxygens (including phenoxy) is 1. The van der Waals surface area contributed by atoms with E-state index >= 15 is 0 Å². The van der Waals surface area contributed by atoms with Gasteiger partial charge in [0.15, 0.2) is 10.8 Å². The van der Waals surface area contributed by atoms with Crippen LogP contribution in [0.1, 0.15) is 19.8 Å². The minimum atomic E-state index is -0.314. The van der Waals surface area contributed by atoms with Gasteiger partial charge in [-0.05, 0) is 36.9 Å². The fourth-order valence-corrected chi connectivity index (χ4v) is 0.942. The molecule has 0 bridgehead atoms. The van der Waals surface area contributed by atoms with Crippen LogP contribution in [0.25, 0.3) is 0 Å². The lowest BCUT2D eigenvalue weighted by molar-refractivity contribution is 0.218. The van der Waals surface area contributed by atoms with E-state index < -0.39 is 0 Å². The lowest BCUT2D eigenvalue weighted by atomic mass is 10.7. The quantitative estimate of drug-likeness (QED) is 0.453. The van der Waals surface area contributed by atoms with E-state index in [1.165, 1.54) is 5.57 Å². The second-order valence-corrected chi connectivity index (χ2v) is 3.00. The smallest absolute Gasteiger partial charge is 0.188 e. The van der Waals surface area contributed by atoms with Crippen molar-refractivity contribution in [3.05, 3.63) is 10.8 Å². The molecule has 0 saturated heterocycles. The molecule has 1 unspecified atom stereocenters. The van der Waals surface area contributed by atoms with E-state index in [0.29, 0.717) is 5.22 Å². The minimum Gasteiger partial charge on any atom is -0.464 e. The average Bonchev–Trinajstić information content (AvgIpc) is 2.40. The maximum absolute atomic E-state index is 5.65. The third-order valence-corrected chi connectivity index (χ3v) is 1.49. The zero-order valence-corrected chi connectivity index (χ0v) is 6.67. The fraction of sp³-hybridized carbons (Fsp3) is 0.667. The van der Waals surface area contributed by atoms with Crippen LogP contribution in [0, 0.1) is 0 Å². The number of allylic oxidation sites excluding steroid dienone is 1. The Kier molecular flexibility index (Phi) is 2.25. The molecule has 1 aliphatic rings. The highest BCUT2D eigenvalue weighted by Crippen LogP contribution is 2.34. The van der Waals surface area contributed by atoms with Crippen LogP contribution in [-0.2, 0) is 4.74 Å². The van der Waals surface area contributed by atoms with Crippen LogP contribution in [0.15, 0.2) is 10.8 Å². The van der Waals surface area contributed by atoms with Crippen molar-refractivity contribution < 1.29 is 4.74 Å². The van der Waals surface area contributed by atoms with Crippen molar-refractivity contribution in [3.63, 3.8) is 0 Å². The molecule has 0 aromatic carbocycles. The Morgan fingerprint density at radius 3 is 2.56 bits per heavy atom. The van der Waals surface area contributed by atoms with Gasteiger partial charge in [-0.2, -0.15) is 0 Å². The fourth-order valence-electron chi connectivity index (χ4n) is 0.485. The standard InChI is InChI=1S/C6H8Cl2O/c1-4(7)9-6(8)5-2-3-5/h4H,2-3H2,1H3. The van der Waals surface area contributed by atoms with Gasteiger partial charge in [-0.25, -0.2) is 0 Å². The highest BCUT2D eigenvalue weighted by atomic mass is 35.5. The Hall–Kier alpha value is 0.120. The summed E-state index contributed by atoms with van der Waals surface area (Å²) in [6, 6.07) is 0. The molecule has 1 aliphatic carbocycles. The van der Waals surface area contributed by atoms with Gasteiger partial charge in [-0.1, -0.05) is 11.6 Å². The average molecular weight is 167 g/mol. The van der Waals surface area contributed by atoms with Crippen LogP contribution in [0.4, 0.5) is 0 Å². The van der Waals surface area contributed by atoms with E-state index in [4.69, 9.17) is 27.9 Å². The second kappa shape index (κ2) is 2.80. The van der Waals surface area contributed by atoms with E-state index in [0.717, 1.165) is 12.8 Å². The molecule has 0 aliphatic heterocycles. The first-order chi connectivity index (χ1) is 4.20. The van der Waals surface area contributed by atoms with Gasteiger partial charge in [0.25, 0.3) is 0 Å².